The van der Waals surface area contributed by atoms with Crippen molar-refractivity contribution >= 4 is 17.2 Å². The minimum atomic E-state index is 0.0747. The maximum absolute atomic E-state index is 12.5. The van der Waals surface area contributed by atoms with Gasteiger partial charge in [0.2, 0.25) is 5.91 Å². The van der Waals surface area contributed by atoms with Crippen LogP contribution in [-0.2, 0) is 17.9 Å². The minimum absolute atomic E-state index is 0.0747. The smallest absolute Gasteiger partial charge is 0.236 e. The highest BCUT2D eigenvalue weighted by Gasteiger charge is 2.14. The normalized spacial score (nSPS) is 10.9. The Kier molecular flexibility index (Phi) is 6.09. The van der Waals surface area contributed by atoms with Crippen molar-refractivity contribution in [1.29, 1.82) is 0 Å². The quantitative estimate of drug-likeness (QED) is 0.644. The molecule has 0 aliphatic carbocycles. The van der Waals surface area contributed by atoms with Crippen LogP contribution in [0.25, 0.3) is 10.6 Å². The molecule has 1 amide bonds. The van der Waals surface area contributed by atoms with E-state index in [0.29, 0.717) is 19.6 Å². The van der Waals surface area contributed by atoms with Gasteiger partial charge in [-0.25, -0.2) is 4.98 Å². The fourth-order valence-corrected chi connectivity index (χ4v) is 3.45. The number of carbonyl (C=O) groups excluding carboxylic acids is 1. The fraction of sp³-hybridized carbons (Fsp3) is 0.250. The van der Waals surface area contributed by atoms with Crippen molar-refractivity contribution in [3.05, 3.63) is 71.5 Å². The van der Waals surface area contributed by atoms with Crippen molar-refractivity contribution in [3.8, 4) is 10.6 Å². The number of amides is 1. The van der Waals surface area contributed by atoms with Crippen molar-refractivity contribution in [1.82, 2.24) is 19.8 Å². The molecule has 2 heterocycles. The Morgan fingerprint density at radius 3 is 2.62 bits per heavy atom. The van der Waals surface area contributed by atoms with E-state index in [4.69, 9.17) is 0 Å². The van der Waals surface area contributed by atoms with Crippen molar-refractivity contribution in [3.63, 3.8) is 0 Å². The number of aromatic nitrogens is 2. The average Bonchev–Trinajstić information content (AvgIpc) is 3.11. The van der Waals surface area contributed by atoms with E-state index in [2.05, 4.69) is 9.97 Å². The standard InChI is InChI=1S/C20H22N4OS/c1-23(12-16-7-6-10-21-11-16)14-19(25)24(2)13-18-15-26-20(22-18)17-8-4-3-5-9-17/h3-11,15H,12-14H2,1-2H3. The highest BCUT2D eigenvalue weighted by atomic mass is 32.1. The molecule has 0 spiro atoms. The summed E-state index contributed by atoms with van der Waals surface area (Å²) >= 11 is 1.61. The number of carbonyl (C=O) groups is 1. The fourth-order valence-electron chi connectivity index (χ4n) is 2.63. The van der Waals surface area contributed by atoms with Gasteiger partial charge in [-0.1, -0.05) is 36.4 Å². The van der Waals surface area contributed by atoms with E-state index in [0.717, 1.165) is 21.8 Å². The van der Waals surface area contributed by atoms with Gasteiger partial charge < -0.3 is 4.90 Å². The van der Waals surface area contributed by atoms with Crippen LogP contribution in [0, 0.1) is 0 Å². The van der Waals surface area contributed by atoms with Crippen LogP contribution in [0.3, 0.4) is 0 Å². The summed E-state index contributed by atoms with van der Waals surface area (Å²) in [5, 5.41) is 3.00. The van der Waals surface area contributed by atoms with Crippen LogP contribution in [-0.4, -0.2) is 46.3 Å². The van der Waals surface area contributed by atoms with Gasteiger partial charge in [0.25, 0.3) is 0 Å². The first kappa shape index (κ1) is 18.2. The Morgan fingerprint density at radius 1 is 1.08 bits per heavy atom. The zero-order chi connectivity index (χ0) is 18.4. The Morgan fingerprint density at radius 2 is 1.88 bits per heavy atom. The monoisotopic (exact) mass is 366 g/mol. The lowest BCUT2D eigenvalue weighted by Crippen LogP contribution is -2.36. The summed E-state index contributed by atoms with van der Waals surface area (Å²) in [7, 11) is 3.76. The molecule has 0 fully saturated rings. The highest BCUT2D eigenvalue weighted by Crippen LogP contribution is 2.23. The molecule has 0 N–H and O–H groups in total. The van der Waals surface area contributed by atoms with Gasteiger partial charge in [-0.15, -0.1) is 11.3 Å². The van der Waals surface area contributed by atoms with Gasteiger partial charge in [-0.2, -0.15) is 0 Å². The van der Waals surface area contributed by atoms with Crippen LogP contribution in [0.1, 0.15) is 11.3 Å². The van der Waals surface area contributed by atoms with Crippen LogP contribution in [0.4, 0.5) is 0 Å². The molecular formula is C20H22N4OS. The molecule has 0 saturated carbocycles. The molecule has 0 aliphatic heterocycles. The zero-order valence-electron chi connectivity index (χ0n) is 15.0. The molecule has 0 aliphatic rings. The van der Waals surface area contributed by atoms with Gasteiger partial charge in [0, 0.05) is 36.9 Å². The maximum Gasteiger partial charge on any atom is 0.236 e. The number of likely N-dealkylation sites (N-methyl/N-ethyl adjacent to an activating group) is 2. The third-order valence-corrected chi connectivity index (χ3v) is 4.92. The molecule has 0 saturated heterocycles. The lowest BCUT2D eigenvalue weighted by Gasteiger charge is -2.21. The number of hydrogen-bond donors (Lipinski definition) is 0. The average molecular weight is 366 g/mol. The SMILES string of the molecule is CN(CC(=O)N(C)Cc1csc(-c2ccccc2)n1)Cc1cccnc1. The van der Waals surface area contributed by atoms with E-state index in [-0.39, 0.29) is 5.91 Å². The van der Waals surface area contributed by atoms with Gasteiger partial charge in [0.1, 0.15) is 5.01 Å². The third-order valence-electron chi connectivity index (χ3n) is 3.98. The molecule has 3 rings (SSSR count). The number of pyridine rings is 1. The van der Waals surface area contributed by atoms with E-state index in [1.165, 1.54) is 0 Å². The topological polar surface area (TPSA) is 49.3 Å². The van der Waals surface area contributed by atoms with Crippen molar-refractivity contribution in [2.75, 3.05) is 20.6 Å². The second-order valence-corrected chi connectivity index (χ2v) is 7.15. The van der Waals surface area contributed by atoms with Gasteiger partial charge in [-0.05, 0) is 18.7 Å². The van der Waals surface area contributed by atoms with Crippen molar-refractivity contribution in [2.24, 2.45) is 0 Å². The second-order valence-electron chi connectivity index (χ2n) is 6.29. The molecule has 1 aromatic carbocycles. The van der Waals surface area contributed by atoms with E-state index >= 15 is 0 Å². The van der Waals surface area contributed by atoms with Crippen LogP contribution in [0.2, 0.25) is 0 Å². The molecule has 6 heteroatoms. The number of rotatable bonds is 7. The largest absolute Gasteiger partial charge is 0.339 e. The van der Waals surface area contributed by atoms with E-state index in [1.54, 1.807) is 22.4 Å². The summed E-state index contributed by atoms with van der Waals surface area (Å²) in [6.45, 7) is 1.58. The van der Waals surface area contributed by atoms with Crippen LogP contribution >= 0.6 is 11.3 Å². The van der Waals surface area contributed by atoms with Gasteiger partial charge in [-0.3, -0.25) is 14.7 Å². The lowest BCUT2D eigenvalue weighted by molar-refractivity contribution is -0.131. The van der Waals surface area contributed by atoms with Gasteiger partial charge in [0.15, 0.2) is 0 Å². The Labute approximate surface area is 157 Å². The first-order valence-corrected chi connectivity index (χ1v) is 9.31. The van der Waals surface area contributed by atoms with Crippen molar-refractivity contribution < 1.29 is 4.79 Å². The van der Waals surface area contributed by atoms with Crippen LogP contribution < -0.4 is 0 Å². The van der Waals surface area contributed by atoms with Crippen LogP contribution in [0.15, 0.2) is 60.2 Å². The molecule has 2 aromatic heterocycles. The molecule has 0 bridgehead atoms. The number of hydrogen-bond acceptors (Lipinski definition) is 5. The number of benzene rings is 1. The molecule has 0 atom stereocenters. The summed E-state index contributed by atoms with van der Waals surface area (Å²) in [5.74, 6) is 0.0747. The number of thiazole rings is 1. The lowest BCUT2D eigenvalue weighted by atomic mass is 10.2. The highest BCUT2D eigenvalue weighted by molar-refractivity contribution is 7.13. The summed E-state index contributed by atoms with van der Waals surface area (Å²) in [5.41, 5.74) is 3.12. The second kappa shape index (κ2) is 8.69. The predicted octanol–water partition coefficient (Wildman–Crippen LogP) is 3.30. The van der Waals surface area contributed by atoms with Crippen LogP contribution in [0.5, 0.6) is 0 Å². The Balaban J connectivity index is 1.53. The summed E-state index contributed by atoms with van der Waals surface area (Å²) < 4.78 is 0. The number of nitrogens with zero attached hydrogens (tertiary/aromatic N) is 4. The molecule has 0 unspecified atom stereocenters. The molecule has 26 heavy (non-hydrogen) atoms. The van der Waals surface area contributed by atoms with Crippen molar-refractivity contribution in [2.45, 2.75) is 13.1 Å². The first-order chi connectivity index (χ1) is 12.6. The first-order valence-electron chi connectivity index (χ1n) is 8.43. The molecular weight excluding hydrogens is 344 g/mol. The maximum atomic E-state index is 12.5. The Hall–Kier alpha value is -2.57. The van der Waals surface area contributed by atoms with Gasteiger partial charge >= 0.3 is 0 Å². The molecule has 3 aromatic rings. The third kappa shape index (κ3) is 4.97. The molecule has 5 nitrogen and oxygen atoms in total. The summed E-state index contributed by atoms with van der Waals surface area (Å²) in [4.78, 5) is 24.9. The van der Waals surface area contributed by atoms with E-state index < -0.39 is 0 Å². The van der Waals surface area contributed by atoms with Gasteiger partial charge in [0.05, 0.1) is 18.8 Å². The summed E-state index contributed by atoms with van der Waals surface area (Å²) in [6.07, 6.45) is 3.57. The molecule has 134 valence electrons. The molecule has 0 radical (unpaired) electrons. The van der Waals surface area contributed by atoms with E-state index in [1.807, 2.05) is 73.0 Å². The Bertz CT molecular complexity index is 835. The zero-order valence-corrected chi connectivity index (χ0v) is 15.8. The summed E-state index contributed by atoms with van der Waals surface area (Å²) in [6, 6.07) is 14.0. The van der Waals surface area contributed by atoms with E-state index in [9.17, 15) is 4.79 Å². The predicted molar refractivity (Wildman–Crippen MR) is 105 cm³/mol. The minimum Gasteiger partial charge on any atom is -0.339 e.